The number of carbonyl (C=O) groups excluding carboxylic acids is 1. The van der Waals surface area contributed by atoms with Crippen molar-refractivity contribution in [3.63, 3.8) is 0 Å². The normalized spacial score (nSPS) is 11.2. The Morgan fingerprint density at radius 2 is 1.39 bits per heavy atom. The van der Waals surface area contributed by atoms with Crippen molar-refractivity contribution >= 4 is 5.97 Å². The van der Waals surface area contributed by atoms with Crippen molar-refractivity contribution in [3.8, 4) is 0 Å². The van der Waals surface area contributed by atoms with Gasteiger partial charge in [0.2, 0.25) is 0 Å². The van der Waals surface area contributed by atoms with E-state index in [1.807, 2.05) is 0 Å². The summed E-state index contributed by atoms with van der Waals surface area (Å²) in [4.78, 5) is 28.5. The smallest absolute Gasteiger partial charge is 0.446 e. The first-order chi connectivity index (χ1) is 10.8. The second-order valence-corrected chi connectivity index (χ2v) is 5.47. The fourth-order valence-corrected chi connectivity index (χ4v) is 2.00. The van der Waals surface area contributed by atoms with Crippen molar-refractivity contribution in [2.45, 2.75) is 77.0 Å². The summed E-state index contributed by atoms with van der Waals surface area (Å²) in [5, 5.41) is 20.6. The van der Waals surface area contributed by atoms with Crippen LogP contribution >= 0.6 is 0 Å². The van der Waals surface area contributed by atoms with Crippen LogP contribution in [0, 0.1) is 20.2 Å². The molecule has 0 aliphatic heterocycles. The van der Waals surface area contributed by atoms with E-state index in [1.165, 1.54) is 25.7 Å². The molecular weight excluding hydrogens is 311 g/mol. The van der Waals surface area contributed by atoms with Gasteiger partial charge in [0.05, 0.1) is 0 Å². The van der Waals surface area contributed by atoms with Crippen LogP contribution in [0.25, 0.3) is 0 Å². The Hall–Kier alpha value is -1.80. The van der Waals surface area contributed by atoms with Crippen LogP contribution in [0.3, 0.4) is 0 Å². The molecule has 8 nitrogen and oxygen atoms in total. The monoisotopic (exact) mass is 336 g/mol. The Morgan fingerprint density at radius 3 is 1.83 bits per heavy atom. The zero-order chi connectivity index (χ0) is 17.7. The zero-order valence-electron chi connectivity index (χ0n) is 13.5. The maximum atomic E-state index is 13.3. The summed E-state index contributed by atoms with van der Waals surface area (Å²) < 4.78 is 17.6. The average Bonchev–Trinajstić information content (AvgIpc) is 2.50. The van der Waals surface area contributed by atoms with Crippen LogP contribution < -0.4 is 0 Å². The van der Waals surface area contributed by atoms with Gasteiger partial charge in [0.15, 0.2) is 0 Å². The van der Waals surface area contributed by atoms with Gasteiger partial charge in [-0.05, 0) is 6.42 Å². The highest BCUT2D eigenvalue weighted by Crippen LogP contribution is 2.15. The summed E-state index contributed by atoms with van der Waals surface area (Å²) >= 11 is 0. The lowest BCUT2D eigenvalue weighted by atomic mass is 10.1. The average molecular weight is 336 g/mol. The Labute approximate surface area is 134 Å². The third kappa shape index (κ3) is 9.04. The highest BCUT2D eigenvalue weighted by atomic mass is 19.2. The van der Waals surface area contributed by atoms with Crippen molar-refractivity contribution in [2.24, 2.45) is 0 Å². The van der Waals surface area contributed by atoms with Gasteiger partial charge in [0.1, 0.15) is 9.85 Å². The maximum Gasteiger partial charge on any atom is 0.648 e. The molecule has 0 saturated carbocycles. The molecule has 0 spiro atoms. The molecule has 9 heteroatoms. The van der Waals surface area contributed by atoms with Gasteiger partial charge in [-0.1, -0.05) is 62.7 Å². The Morgan fingerprint density at radius 1 is 0.957 bits per heavy atom. The predicted octanol–water partition coefficient (Wildman–Crippen LogP) is 3.63. The largest absolute Gasteiger partial charge is 0.648 e. The maximum absolute atomic E-state index is 13.3. The molecule has 0 aromatic rings. The summed E-state index contributed by atoms with van der Waals surface area (Å²) in [6.07, 6.45) is 9.38. The number of unbranched alkanes of at least 4 members (excludes halogenated alkanes) is 8. The molecule has 0 N–H and O–H groups in total. The van der Waals surface area contributed by atoms with Gasteiger partial charge in [0.25, 0.3) is 6.61 Å². The number of esters is 1. The van der Waals surface area contributed by atoms with Crippen LogP contribution in [0.2, 0.25) is 0 Å². The number of nitrogens with zero attached hydrogens (tertiary/aromatic N) is 2. The molecule has 134 valence electrons. The van der Waals surface area contributed by atoms with E-state index in [4.69, 9.17) is 0 Å². The molecule has 0 bridgehead atoms. The summed E-state index contributed by atoms with van der Waals surface area (Å²) in [5.41, 5.74) is 0. The van der Waals surface area contributed by atoms with Crippen LogP contribution in [0.15, 0.2) is 0 Å². The van der Waals surface area contributed by atoms with Gasteiger partial charge < -0.3 is 4.74 Å². The zero-order valence-corrected chi connectivity index (χ0v) is 13.5. The van der Waals surface area contributed by atoms with E-state index in [1.54, 1.807) is 0 Å². The Kier molecular flexibility index (Phi) is 10.8. The van der Waals surface area contributed by atoms with E-state index in [2.05, 4.69) is 11.7 Å². The van der Waals surface area contributed by atoms with Gasteiger partial charge in [-0.25, -0.2) is 0 Å². The lowest BCUT2D eigenvalue weighted by molar-refractivity contribution is -0.832. The topological polar surface area (TPSA) is 113 Å². The second kappa shape index (κ2) is 11.7. The molecular formula is C14H25FN2O6. The third-order valence-electron chi connectivity index (χ3n) is 3.46. The van der Waals surface area contributed by atoms with E-state index in [0.717, 1.165) is 25.7 Å². The van der Waals surface area contributed by atoms with Crippen LogP contribution in [0.4, 0.5) is 4.39 Å². The minimum absolute atomic E-state index is 0.0264. The number of hydrogen-bond donors (Lipinski definition) is 0. The highest BCUT2D eigenvalue weighted by Gasteiger charge is 2.59. The molecule has 0 fully saturated rings. The van der Waals surface area contributed by atoms with Crippen molar-refractivity contribution in [2.75, 3.05) is 6.61 Å². The first-order valence-corrected chi connectivity index (χ1v) is 7.98. The lowest BCUT2D eigenvalue weighted by Gasteiger charge is -2.08. The van der Waals surface area contributed by atoms with Gasteiger partial charge in [0, 0.05) is 6.42 Å². The van der Waals surface area contributed by atoms with E-state index in [0.29, 0.717) is 6.42 Å². The van der Waals surface area contributed by atoms with Gasteiger partial charge >= 0.3 is 11.9 Å². The van der Waals surface area contributed by atoms with Crippen molar-refractivity contribution in [1.29, 1.82) is 0 Å². The fraction of sp³-hybridized carbons (Fsp3) is 0.929. The van der Waals surface area contributed by atoms with Gasteiger partial charge in [-0.3, -0.25) is 25.0 Å². The number of ether oxygens (including phenoxy) is 1. The van der Waals surface area contributed by atoms with E-state index < -0.39 is 28.3 Å². The lowest BCUT2D eigenvalue weighted by Crippen LogP contribution is -2.46. The highest BCUT2D eigenvalue weighted by molar-refractivity contribution is 5.69. The molecule has 0 atom stereocenters. The SMILES string of the molecule is CCCCCCCCCCCC(=O)OCC(F)([N+](=O)[O-])[N+](=O)[O-]. The number of hydrogen-bond acceptors (Lipinski definition) is 6. The molecule has 0 saturated heterocycles. The number of alkyl halides is 1. The first-order valence-electron chi connectivity index (χ1n) is 7.98. The summed E-state index contributed by atoms with van der Waals surface area (Å²) in [5.74, 6) is -4.84. The van der Waals surface area contributed by atoms with Crippen LogP contribution in [-0.2, 0) is 9.53 Å². The Bertz CT molecular complexity index is 377. The molecule has 0 heterocycles. The number of nitro groups is 2. The van der Waals surface area contributed by atoms with Gasteiger partial charge in [-0.2, -0.15) is 0 Å². The summed E-state index contributed by atoms with van der Waals surface area (Å²) in [6, 6.07) is 0. The molecule has 0 aromatic heterocycles. The van der Waals surface area contributed by atoms with Crippen LogP contribution in [0.5, 0.6) is 0 Å². The van der Waals surface area contributed by atoms with E-state index >= 15 is 0 Å². The molecule has 0 radical (unpaired) electrons. The number of carbonyl (C=O) groups is 1. The minimum atomic E-state index is -3.98. The summed E-state index contributed by atoms with van der Waals surface area (Å²) in [7, 11) is 0. The second-order valence-electron chi connectivity index (χ2n) is 5.47. The number of rotatable bonds is 14. The van der Waals surface area contributed by atoms with Crippen molar-refractivity contribution in [1.82, 2.24) is 0 Å². The van der Waals surface area contributed by atoms with Crippen LogP contribution in [-0.4, -0.2) is 28.3 Å². The van der Waals surface area contributed by atoms with E-state index in [9.17, 15) is 29.4 Å². The Balaban J connectivity index is 3.72. The first kappa shape index (κ1) is 21.2. The molecule has 0 unspecified atom stereocenters. The fourth-order valence-electron chi connectivity index (χ4n) is 2.00. The molecule has 0 amide bonds. The van der Waals surface area contributed by atoms with Crippen molar-refractivity contribution < 1.29 is 23.8 Å². The standard InChI is InChI=1S/C14H25FN2O6/c1-2-3-4-5-6-7-8-9-10-11-13(18)23-12-14(15,16(19)20)17(21)22/h2-12H2,1H3. The number of halogens is 1. The molecule has 23 heavy (non-hydrogen) atoms. The van der Waals surface area contributed by atoms with Crippen molar-refractivity contribution in [3.05, 3.63) is 20.2 Å². The quantitative estimate of drug-likeness (QED) is 0.119. The summed E-state index contributed by atoms with van der Waals surface area (Å²) in [6.45, 7) is 0.645. The van der Waals surface area contributed by atoms with Gasteiger partial charge in [-0.15, -0.1) is 0 Å². The molecule has 0 rings (SSSR count). The molecule has 0 aromatic carbocycles. The van der Waals surface area contributed by atoms with Crippen LogP contribution in [0.1, 0.15) is 71.1 Å². The predicted molar refractivity (Wildman–Crippen MR) is 80.6 cm³/mol. The minimum Gasteiger partial charge on any atom is -0.446 e. The third-order valence-corrected chi connectivity index (χ3v) is 3.46. The molecule has 0 aliphatic carbocycles. The molecule has 0 aliphatic rings. The van der Waals surface area contributed by atoms with E-state index in [-0.39, 0.29) is 6.42 Å².